The van der Waals surface area contributed by atoms with Crippen molar-refractivity contribution >= 4 is 11.7 Å². The zero-order valence-electron chi connectivity index (χ0n) is 16.8. The van der Waals surface area contributed by atoms with Crippen LogP contribution in [0.4, 0.5) is 5.82 Å². The van der Waals surface area contributed by atoms with Gasteiger partial charge in [0.05, 0.1) is 12.1 Å². The number of nitrogens with zero attached hydrogens (tertiary/aromatic N) is 3. The van der Waals surface area contributed by atoms with Gasteiger partial charge in [0.25, 0.3) is 0 Å². The minimum absolute atomic E-state index is 0.0790. The van der Waals surface area contributed by atoms with Crippen LogP contribution in [0.15, 0.2) is 18.3 Å². The van der Waals surface area contributed by atoms with Gasteiger partial charge in [-0.1, -0.05) is 0 Å². The molecule has 3 aliphatic heterocycles. The lowest BCUT2D eigenvalue weighted by atomic mass is 10.2. The summed E-state index contributed by atoms with van der Waals surface area (Å²) in [4.78, 5) is 21.6. The fourth-order valence-electron chi connectivity index (χ4n) is 4.36. The zero-order valence-corrected chi connectivity index (χ0v) is 16.8. The SMILES string of the molecule is CC(C(=O)NCC1CCCO1)N1CCC(Oc2cccnc2N2CCCC2)C1. The third-order valence-corrected chi connectivity index (χ3v) is 6.08. The predicted molar refractivity (Wildman–Crippen MR) is 108 cm³/mol. The zero-order chi connectivity index (χ0) is 19.3. The number of hydrogen-bond donors (Lipinski definition) is 1. The molecule has 1 aromatic heterocycles. The summed E-state index contributed by atoms with van der Waals surface area (Å²) < 4.78 is 11.9. The molecular formula is C21H32N4O3. The van der Waals surface area contributed by atoms with Gasteiger partial charge in [0.1, 0.15) is 6.10 Å². The molecule has 0 spiro atoms. The summed E-state index contributed by atoms with van der Waals surface area (Å²) in [6, 6.07) is 3.80. The van der Waals surface area contributed by atoms with E-state index in [0.29, 0.717) is 6.54 Å². The van der Waals surface area contributed by atoms with Gasteiger partial charge in [-0.2, -0.15) is 0 Å². The van der Waals surface area contributed by atoms with Gasteiger partial charge in [0.15, 0.2) is 11.6 Å². The Bertz CT molecular complexity index is 659. The van der Waals surface area contributed by atoms with Crippen LogP contribution in [-0.2, 0) is 9.53 Å². The average Bonchev–Trinajstić information content (AvgIpc) is 3.48. The van der Waals surface area contributed by atoms with Crippen molar-refractivity contribution in [2.45, 2.75) is 57.3 Å². The van der Waals surface area contributed by atoms with Crippen LogP contribution < -0.4 is 15.0 Å². The average molecular weight is 389 g/mol. The number of rotatable bonds is 7. The summed E-state index contributed by atoms with van der Waals surface area (Å²) >= 11 is 0. The molecule has 3 fully saturated rings. The maximum Gasteiger partial charge on any atom is 0.237 e. The van der Waals surface area contributed by atoms with Gasteiger partial charge >= 0.3 is 0 Å². The maximum absolute atomic E-state index is 12.5. The quantitative estimate of drug-likeness (QED) is 0.769. The predicted octanol–water partition coefficient (Wildman–Crippen LogP) is 1.82. The van der Waals surface area contributed by atoms with Crippen molar-refractivity contribution in [3.8, 4) is 5.75 Å². The Hall–Kier alpha value is -1.86. The molecule has 7 heteroatoms. The molecule has 3 atom stereocenters. The van der Waals surface area contributed by atoms with Gasteiger partial charge in [0.2, 0.25) is 5.91 Å². The Morgan fingerprint density at radius 2 is 2.18 bits per heavy atom. The second-order valence-corrected chi connectivity index (χ2v) is 8.10. The number of pyridine rings is 1. The molecule has 1 N–H and O–H groups in total. The highest BCUT2D eigenvalue weighted by Gasteiger charge is 2.32. The molecule has 28 heavy (non-hydrogen) atoms. The van der Waals surface area contributed by atoms with Crippen molar-refractivity contribution in [3.05, 3.63) is 18.3 Å². The van der Waals surface area contributed by atoms with Crippen molar-refractivity contribution in [1.29, 1.82) is 0 Å². The molecule has 0 radical (unpaired) electrons. The topological polar surface area (TPSA) is 66.9 Å². The highest BCUT2D eigenvalue weighted by atomic mass is 16.5. The van der Waals surface area contributed by atoms with Gasteiger partial charge < -0.3 is 19.7 Å². The number of anilines is 1. The molecule has 154 valence electrons. The van der Waals surface area contributed by atoms with E-state index in [0.717, 1.165) is 63.6 Å². The highest BCUT2D eigenvalue weighted by Crippen LogP contribution is 2.30. The molecule has 1 aromatic rings. The van der Waals surface area contributed by atoms with Gasteiger partial charge in [-0.3, -0.25) is 9.69 Å². The van der Waals surface area contributed by atoms with Crippen LogP contribution in [0.2, 0.25) is 0 Å². The second kappa shape index (κ2) is 9.09. The van der Waals surface area contributed by atoms with E-state index in [1.165, 1.54) is 12.8 Å². The summed E-state index contributed by atoms with van der Waals surface area (Å²) in [5, 5.41) is 3.05. The third kappa shape index (κ3) is 4.58. The van der Waals surface area contributed by atoms with Crippen molar-refractivity contribution < 1.29 is 14.3 Å². The molecule has 0 aliphatic carbocycles. The van der Waals surface area contributed by atoms with Gasteiger partial charge in [-0.15, -0.1) is 0 Å². The molecule has 3 aliphatic rings. The van der Waals surface area contributed by atoms with Crippen molar-refractivity contribution in [1.82, 2.24) is 15.2 Å². The molecule has 4 rings (SSSR count). The van der Waals surface area contributed by atoms with Crippen LogP contribution in [0.3, 0.4) is 0 Å². The fraction of sp³-hybridized carbons (Fsp3) is 0.714. The smallest absolute Gasteiger partial charge is 0.237 e. The molecule has 0 saturated carbocycles. The Morgan fingerprint density at radius 1 is 1.32 bits per heavy atom. The van der Waals surface area contributed by atoms with Crippen molar-refractivity contribution in [2.75, 3.05) is 44.2 Å². The number of nitrogens with one attached hydrogen (secondary N) is 1. The number of carbonyl (C=O) groups is 1. The van der Waals surface area contributed by atoms with E-state index in [1.807, 2.05) is 25.3 Å². The van der Waals surface area contributed by atoms with Crippen LogP contribution in [0.1, 0.15) is 39.0 Å². The first-order valence-electron chi connectivity index (χ1n) is 10.7. The second-order valence-electron chi connectivity index (χ2n) is 8.10. The van der Waals surface area contributed by atoms with Crippen LogP contribution in [0.25, 0.3) is 0 Å². The molecule has 0 bridgehead atoms. The first-order valence-corrected chi connectivity index (χ1v) is 10.7. The minimum atomic E-state index is -0.151. The van der Waals surface area contributed by atoms with Crippen molar-refractivity contribution in [2.24, 2.45) is 0 Å². The number of amides is 1. The largest absolute Gasteiger partial charge is 0.485 e. The van der Waals surface area contributed by atoms with E-state index in [9.17, 15) is 4.79 Å². The minimum Gasteiger partial charge on any atom is -0.485 e. The van der Waals surface area contributed by atoms with E-state index in [4.69, 9.17) is 9.47 Å². The Kier molecular flexibility index (Phi) is 6.32. The van der Waals surface area contributed by atoms with Crippen LogP contribution >= 0.6 is 0 Å². The van der Waals surface area contributed by atoms with Gasteiger partial charge in [0, 0.05) is 45.5 Å². The van der Waals surface area contributed by atoms with Crippen molar-refractivity contribution in [3.63, 3.8) is 0 Å². The van der Waals surface area contributed by atoms with E-state index in [-0.39, 0.29) is 24.2 Å². The number of likely N-dealkylation sites (tertiary alicyclic amines) is 1. The lowest BCUT2D eigenvalue weighted by molar-refractivity contribution is -0.126. The van der Waals surface area contributed by atoms with E-state index >= 15 is 0 Å². The standard InChI is InChI=1S/C21H32N4O3/c1-16(21(26)23-14-17-6-5-13-27-17)25-12-8-18(15-25)28-19-7-4-9-22-20(19)24-10-2-3-11-24/h4,7,9,16-18H,2-3,5-6,8,10-15H2,1H3,(H,23,26). The van der Waals surface area contributed by atoms with E-state index in [1.54, 1.807) is 0 Å². The third-order valence-electron chi connectivity index (χ3n) is 6.08. The summed E-state index contributed by atoms with van der Waals surface area (Å²) in [7, 11) is 0. The van der Waals surface area contributed by atoms with Crippen LogP contribution in [0.5, 0.6) is 5.75 Å². The summed E-state index contributed by atoms with van der Waals surface area (Å²) in [6.45, 7) is 7.15. The highest BCUT2D eigenvalue weighted by molar-refractivity contribution is 5.81. The van der Waals surface area contributed by atoms with Crippen LogP contribution in [-0.4, -0.2) is 73.4 Å². The lowest BCUT2D eigenvalue weighted by Gasteiger charge is -2.25. The first kappa shape index (κ1) is 19.5. The Morgan fingerprint density at radius 3 is 2.96 bits per heavy atom. The number of aromatic nitrogens is 1. The Labute approximate surface area is 167 Å². The first-order chi connectivity index (χ1) is 13.7. The Balaban J connectivity index is 1.28. The monoisotopic (exact) mass is 388 g/mol. The number of hydrogen-bond acceptors (Lipinski definition) is 6. The molecule has 3 unspecified atom stereocenters. The fourth-order valence-corrected chi connectivity index (χ4v) is 4.36. The van der Waals surface area contributed by atoms with Gasteiger partial charge in [-0.05, 0) is 51.2 Å². The molecule has 0 aromatic carbocycles. The number of carbonyl (C=O) groups excluding carboxylic acids is 1. The molecule has 3 saturated heterocycles. The normalized spacial score (nSPS) is 26.5. The van der Waals surface area contributed by atoms with Gasteiger partial charge in [-0.25, -0.2) is 4.98 Å². The number of ether oxygens (including phenoxy) is 2. The molecule has 4 heterocycles. The maximum atomic E-state index is 12.5. The molecular weight excluding hydrogens is 356 g/mol. The van der Waals surface area contributed by atoms with E-state index < -0.39 is 0 Å². The molecule has 1 amide bonds. The summed E-state index contributed by atoms with van der Waals surface area (Å²) in [5.41, 5.74) is 0. The van der Waals surface area contributed by atoms with Crippen LogP contribution in [0, 0.1) is 0 Å². The summed E-state index contributed by atoms with van der Waals surface area (Å²) in [5.74, 6) is 1.91. The van der Waals surface area contributed by atoms with E-state index in [2.05, 4.69) is 20.1 Å². The summed E-state index contributed by atoms with van der Waals surface area (Å²) in [6.07, 6.45) is 7.60. The lowest BCUT2D eigenvalue weighted by Crippen LogP contribution is -2.46. The molecule has 7 nitrogen and oxygen atoms in total.